The standard InChI is InChI=1S/C7H15N/c1-6(2)7(3,4)8(6)5/h1-5H3. The molecule has 8 heavy (non-hydrogen) atoms. The molecule has 48 valence electrons. The van der Waals surface area contributed by atoms with Crippen LogP contribution in [0.25, 0.3) is 0 Å². The molecular weight excluding hydrogens is 98.1 g/mol. The predicted octanol–water partition coefficient (Wildman–Crippen LogP) is 1.49. The van der Waals surface area contributed by atoms with Gasteiger partial charge in [0.2, 0.25) is 0 Å². The highest BCUT2D eigenvalue weighted by Crippen LogP contribution is 2.48. The van der Waals surface area contributed by atoms with Gasteiger partial charge in [-0.25, -0.2) is 0 Å². The molecule has 0 radical (unpaired) electrons. The van der Waals surface area contributed by atoms with Gasteiger partial charge in [0.05, 0.1) is 0 Å². The Kier molecular flexibility index (Phi) is 0.840. The molecule has 0 bridgehead atoms. The molecule has 1 aliphatic rings. The van der Waals surface area contributed by atoms with E-state index in [1.807, 2.05) is 0 Å². The van der Waals surface area contributed by atoms with Gasteiger partial charge in [-0.1, -0.05) is 0 Å². The highest BCUT2D eigenvalue weighted by atomic mass is 15.4. The number of rotatable bonds is 0. The lowest BCUT2D eigenvalue weighted by atomic mass is 10.0. The molecular formula is C7H15N. The average molecular weight is 113 g/mol. The zero-order valence-electron chi connectivity index (χ0n) is 6.45. The predicted molar refractivity (Wildman–Crippen MR) is 35.9 cm³/mol. The summed E-state index contributed by atoms with van der Waals surface area (Å²) in [5.74, 6) is 0. The Balaban J connectivity index is 2.72. The fourth-order valence-electron chi connectivity index (χ4n) is 1.17. The van der Waals surface area contributed by atoms with Crippen LogP contribution in [0.2, 0.25) is 0 Å². The van der Waals surface area contributed by atoms with Crippen molar-refractivity contribution in [1.82, 2.24) is 4.90 Å². The molecule has 1 aliphatic heterocycles. The van der Waals surface area contributed by atoms with E-state index in [1.165, 1.54) is 0 Å². The highest BCUT2D eigenvalue weighted by Gasteiger charge is 2.59. The largest absolute Gasteiger partial charge is 0.292 e. The zero-order chi connectivity index (χ0) is 6.58. The van der Waals surface area contributed by atoms with Gasteiger partial charge in [-0.2, -0.15) is 0 Å². The van der Waals surface area contributed by atoms with E-state index in [4.69, 9.17) is 0 Å². The maximum Gasteiger partial charge on any atom is 0.0334 e. The van der Waals surface area contributed by atoms with Gasteiger partial charge in [0.1, 0.15) is 0 Å². The van der Waals surface area contributed by atoms with Gasteiger partial charge in [0.15, 0.2) is 0 Å². The molecule has 0 aliphatic carbocycles. The molecule has 0 saturated carbocycles. The van der Waals surface area contributed by atoms with Crippen molar-refractivity contribution in [3.05, 3.63) is 0 Å². The SMILES string of the molecule is CN1C(C)(C)C1(C)C. The fraction of sp³-hybridized carbons (Fsp3) is 1.00. The smallest absolute Gasteiger partial charge is 0.0334 e. The summed E-state index contributed by atoms with van der Waals surface area (Å²) in [6.45, 7) is 9.08. The minimum Gasteiger partial charge on any atom is -0.292 e. The van der Waals surface area contributed by atoms with E-state index < -0.39 is 0 Å². The summed E-state index contributed by atoms with van der Waals surface area (Å²) >= 11 is 0. The molecule has 1 rings (SSSR count). The third-order valence-corrected chi connectivity index (χ3v) is 3.12. The third-order valence-electron chi connectivity index (χ3n) is 3.12. The van der Waals surface area contributed by atoms with Crippen LogP contribution < -0.4 is 0 Å². The summed E-state index contributed by atoms with van der Waals surface area (Å²) < 4.78 is 0. The lowest BCUT2D eigenvalue weighted by molar-refractivity contribution is 0.500. The van der Waals surface area contributed by atoms with Crippen LogP contribution in [0.15, 0.2) is 0 Å². The first-order valence-electron chi connectivity index (χ1n) is 3.14. The minimum absolute atomic E-state index is 0.438. The van der Waals surface area contributed by atoms with Gasteiger partial charge in [0.25, 0.3) is 0 Å². The summed E-state index contributed by atoms with van der Waals surface area (Å²) in [4.78, 5) is 2.38. The Morgan fingerprint density at radius 2 is 1.00 bits per heavy atom. The van der Waals surface area contributed by atoms with Gasteiger partial charge in [-0.15, -0.1) is 0 Å². The molecule has 1 heterocycles. The molecule has 0 unspecified atom stereocenters. The van der Waals surface area contributed by atoms with Gasteiger partial charge >= 0.3 is 0 Å². The van der Waals surface area contributed by atoms with Crippen molar-refractivity contribution in [1.29, 1.82) is 0 Å². The number of likely N-dealkylation sites (N-methyl/N-ethyl adjacent to an activating group) is 1. The molecule has 1 nitrogen and oxygen atoms in total. The van der Waals surface area contributed by atoms with Crippen molar-refractivity contribution in [2.24, 2.45) is 0 Å². The minimum atomic E-state index is 0.438. The molecule has 0 spiro atoms. The normalized spacial score (nSPS) is 32.6. The number of hydrogen-bond donors (Lipinski definition) is 0. The van der Waals surface area contributed by atoms with Crippen molar-refractivity contribution < 1.29 is 0 Å². The summed E-state index contributed by atoms with van der Waals surface area (Å²) in [6, 6.07) is 0. The Morgan fingerprint density at radius 3 is 1.00 bits per heavy atom. The van der Waals surface area contributed by atoms with Crippen LogP contribution in [-0.4, -0.2) is 23.0 Å². The van der Waals surface area contributed by atoms with E-state index in [0.717, 1.165) is 0 Å². The lowest BCUT2D eigenvalue weighted by Gasteiger charge is -1.99. The van der Waals surface area contributed by atoms with E-state index in [-0.39, 0.29) is 0 Å². The molecule has 0 atom stereocenters. The zero-order valence-corrected chi connectivity index (χ0v) is 6.45. The van der Waals surface area contributed by atoms with Gasteiger partial charge in [-0.05, 0) is 34.7 Å². The maximum atomic E-state index is 2.38. The fourth-order valence-corrected chi connectivity index (χ4v) is 1.17. The summed E-state index contributed by atoms with van der Waals surface area (Å²) in [7, 11) is 2.17. The molecule has 1 saturated heterocycles. The Morgan fingerprint density at radius 1 is 0.875 bits per heavy atom. The van der Waals surface area contributed by atoms with E-state index in [1.54, 1.807) is 0 Å². The van der Waals surface area contributed by atoms with Crippen LogP contribution in [0.5, 0.6) is 0 Å². The van der Waals surface area contributed by atoms with Crippen LogP contribution in [0.3, 0.4) is 0 Å². The van der Waals surface area contributed by atoms with Gasteiger partial charge in [-0.3, -0.25) is 4.90 Å². The quantitative estimate of drug-likeness (QED) is 0.430. The van der Waals surface area contributed by atoms with E-state index >= 15 is 0 Å². The van der Waals surface area contributed by atoms with Crippen LogP contribution in [-0.2, 0) is 0 Å². The summed E-state index contributed by atoms with van der Waals surface area (Å²) in [5, 5.41) is 0. The first kappa shape index (κ1) is 6.09. The molecule has 0 aromatic carbocycles. The Bertz CT molecular complexity index is 99.6. The Hall–Kier alpha value is -0.0400. The summed E-state index contributed by atoms with van der Waals surface area (Å²) in [5.41, 5.74) is 0.875. The topological polar surface area (TPSA) is 3.01 Å². The molecule has 0 aromatic heterocycles. The first-order valence-corrected chi connectivity index (χ1v) is 3.14. The third kappa shape index (κ3) is 0.408. The Labute approximate surface area is 51.7 Å². The van der Waals surface area contributed by atoms with Gasteiger partial charge < -0.3 is 0 Å². The average Bonchev–Trinajstić information content (AvgIpc) is 1.88. The molecule has 0 amide bonds. The highest BCUT2D eigenvalue weighted by molar-refractivity contribution is 5.17. The first-order chi connectivity index (χ1) is 3.40. The molecule has 0 N–H and O–H groups in total. The second-order valence-electron chi connectivity index (χ2n) is 3.68. The van der Waals surface area contributed by atoms with Crippen molar-refractivity contribution in [2.75, 3.05) is 7.05 Å². The van der Waals surface area contributed by atoms with Crippen molar-refractivity contribution in [3.8, 4) is 0 Å². The van der Waals surface area contributed by atoms with E-state index in [9.17, 15) is 0 Å². The van der Waals surface area contributed by atoms with Crippen LogP contribution in [0.4, 0.5) is 0 Å². The molecule has 1 fully saturated rings. The van der Waals surface area contributed by atoms with E-state index in [2.05, 4.69) is 39.6 Å². The second kappa shape index (κ2) is 1.10. The van der Waals surface area contributed by atoms with Gasteiger partial charge in [0, 0.05) is 11.1 Å². The van der Waals surface area contributed by atoms with Crippen LogP contribution in [0, 0.1) is 0 Å². The molecule has 1 heteroatoms. The second-order valence-corrected chi connectivity index (χ2v) is 3.68. The van der Waals surface area contributed by atoms with Crippen molar-refractivity contribution in [2.45, 2.75) is 38.8 Å². The summed E-state index contributed by atoms with van der Waals surface area (Å²) in [6.07, 6.45) is 0. The number of nitrogens with zero attached hydrogens (tertiary/aromatic N) is 1. The van der Waals surface area contributed by atoms with Crippen molar-refractivity contribution in [3.63, 3.8) is 0 Å². The van der Waals surface area contributed by atoms with E-state index in [0.29, 0.717) is 11.1 Å². The lowest BCUT2D eigenvalue weighted by Crippen LogP contribution is -2.10. The maximum absolute atomic E-state index is 2.38. The van der Waals surface area contributed by atoms with Crippen LogP contribution in [0.1, 0.15) is 27.7 Å². The monoisotopic (exact) mass is 113 g/mol. The molecule has 0 aromatic rings. The van der Waals surface area contributed by atoms with Crippen LogP contribution >= 0.6 is 0 Å². The number of hydrogen-bond acceptors (Lipinski definition) is 1. The van der Waals surface area contributed by atoms with Crippen molar-refractivity contribution >= 4 is 0 Å².